The molecule has 2 N–H and O–H groups in total. The van der Waals surface area contributed by atoms with Crippen LogP contribution < -0.4 is 5.32 Å². The van der Waals surface area contributed by atoms with E-state index in [1.165, 1.54) is 13.0 Å². The monoisotopic (exact) mass is 255 g/mol. The molecule has 96 valence electrons. The van der Waals surface area contributed by atoms with Crippen LogP contribution in [-0.4, -0.2) is 17.0 Å². The molecule has 1 amide bonds. The summed E-state index contributed by atoms with van der Waals surface area (Å²) in [7, 11) is 0. The van der Waals surface area contributed by atoms with Crippen LogP contribution in [0.1, 0.15) is 12.5 Å². The predicted octanol–water partition coefficient (Wildman–Crippen LogP) is 2.40. The van der Waals surface area contributed by atoms with Crippen LogP contribution >= 0.6 is 0 Å². The molecule has 19 heavy (non-hydrogen) atoms. The summed E-state index contributed by atoms with van der Waals surface area (Å²) < 4.78 is 0. The summed E-state index contributed by atoms with van der Waals surface area (Å²) in [6, 6.07) is 13.4. The van der Waals surface area contributed by atoms with Crippen molar-refractivity contribution < 1.29 is 14.7 Å². The average molecular weight is 255 g/mol. The molecule has 0 saturated carbocycles. The molecule has 0 spiro atoms. The lowest BCUT2D eigenvalue weighted by Gasteiger charge is -2.04. The number of carbonyl (C=O) groups excluding carboxylic acids is 1. The minimum absolute atomic E-state index is 0.136. The Bertz CT molecular complexity index is 674. The standard InChI is InChI=1S/C15H13NO3/c1-10(17)16-14(15(18)19)9-11-6-7-12-4-2-3-5-13(12)8-11/h2-9H,1H3,(H,16,17)(H,18,19)/b14-9+. The minimum atomic E-state index is -1.16. The molecule has 0 aromatic heterocycles. The molecule has 2 aromatic carbocycles. The summed E-state index contributed by atoms with van der Waals surface area (Å²) in [5, 5.41) is 13.4. The highest BCUT2D eigenvalue weighted by Crippen LogP contribution is 2.17. The van der Waals surface area contributed by atoms with Gasteiger partial charge in [-0.15, -0.1) is 0 Å². The number of aliphatic carboxylic acids is 1. The first kappa shape index (κ1) is 12.8. The molecule has 0 atom stereocenters. The molecule has 0 radical (unpaired) electrons. The van der Waals surface area contributed by atoms with Crippen molar-refractivity contribution in [2.45, 2.75) is 6.92 Å². The van der Waals surface area contributed by atoms with Gasteiger partial charge in [0.1, 0.15) is 5.70 Å². The normalized spacial score (nSPS) is 11.3. The van der Waals surface area contributed by atoms with Gasteiger partial charge in [0, 0.05) is 6.92 Å². The zero-order valence-corrected chi connectivity index (χ0v) is 10.4. The Balaban J connectivity index is 2.42. The van der Waals surface area contributed by atoms with E-state index in [0.717, 1.165) is 16.3 Å². The Labute approximate surface area is 110 Å². The van der Waals surface area contributed by atoms with Crippen molar-refractivity contribution in [3.8, 4) is 0 Å². The molecule has 2 aromatic rings. The summed E-state index contributed by atoms with van der Waals surface area (Å²) in [5.74, 6) is -1.57. The first-order valence-corrected chi connectivity index (χ1v) is 5.77. The maximum Gasteiger partial charge on any atom is 0.352 e. The number of hydrogen-bond acceptors (Lipinski definition) is 2. The number of nitrogens with one attached hydrogen (secondary N) is 1. The highest BCUT2D eigenvalue weighted by molar-refractivity contribution is 5.97. The van der Waals surface area contributed by atoms with E-state index in [1.54, 1.807) is 0 Å². The van der Waals surface area contributed by atoms with Gasteiger partial charge in [0.15, 0.2) is 0 Å². The van der Waals surface area contributed by atoms with E-state index >= 15 is 0 Å². The fourth-order valence-corrected chi connectivity index (χ4v) is 1.81. The van der Waals surface area contributed by atoms with Gasteiger partial charge in [-0.1, -0.05) is 36.4 Å². The topological polar surface area (TPSA) is 66.4 Å². The average Bonchev–Trinajstić information content (AvgIpc) is 2.37. The summed E-state index contributed by atoms with van der Waals surface area (Å²) in [5.41, 5.74) is 0.590. The lowest BCUT2D eigenvalue weighted by atomic mass is 10.1. The van der Waals surface area contributed by atoms with Crippen LogP contribution in [0.5, 0.6) is 0 Å². The number of hydrogen-bond donors (Lipinski definition) is 2. The molecule has 0 aliphatic rings. The van der Waals surface area contributed by atoms with Gasteiger partial charge in [-0.2, -0.15) is 0 Å². The Morgan fingerprint density at radius 3 is 2.42 bits per heavy atom. The molecule has 4 heteroatoms. The SMILES string of the molecule is CC(=O)N/C(=C/c1ccc2ccccc2c1)C(=O)O. The molecule has 0 aliphatic heterocycles. The largest absolute Gasteiger partial charge is 0.477 e. The van der Waals surface area contributed by atoms with Crippen molar-refractivity contribution in [1.29, 1.82) is 0 Å². The number of rotatable bonds is 3. The zero-order valence-electron chi connectivity index (χ0n) is 10.4. The number of amides is 1. The molecule has 0 saturated heterocycles. The van der Waals surface area contributed by atoms with Gasteiger partial charge in [-0.05, 0) is 28.5 Å². The van der Waals surface area contributed by atoms with E-state index < -0.39 is 11.9 Å². The second-order valence-electron chi connectivity index (χ2n) is 4.15. The third kappa shape index (κ3) is 3.19. The van der Waals surface area contributed by atoms with Crippen LogP contribution in [0.25, 0.3) is 16.8 Å². The highest BCUT2D eigenvalue weighted by Gasteiger charge is 2.08. The fourth-order valence-electron chi connectivity index (χ4n) is 1.81. The fraction of sp³-hybridized carbons (Fsp3) is 0.0667. The van der Waals surface area contributed by atoms with Crippen molar-refractivity contribution in [3.05, 3.63) is 53.7 Å². The van der Waals surface area contributed by atoms with Gasteiger partial charge in [0.25, 0.3) is 0 Å². The lowest BCUT2D eigenvalue weighted by Crippen LogP contribution is -2.24. The summed E-state index contributed by atoms with van der Waals surface area (Å²) in [6.07, 6.45) is 1.44. The Kier molecular flexibility index (Phi) is 3.61. The maximum atomic E-state index is 11.0. The lowest BCUT2D eigenvalue weighted by molar-refractivity contribution is -0.134. The molecular formula is C15H13NO3. The molecule has 0 aliphatic carbocycles. The van der Waals surface area contributed by atoms with E-state index in [2.05, 4.69) is 5.32 Å². The van der Waals surface area contributed by atoms with Crippen LogP contribution in [0, 0.1) is 0 Å². The van der Waals surface area contributed by atoms with Crippen LogP contribution in [0.4, 0.5) is 0 Å². The van der Waals surface area contributed by atoms with Crippen molar-refractivity contribution in [2.24, 2.45) is 0 Å². The van der Waals surface area contributed by atoms with Crippen molar-refractivity contribution in [2.75, 3.05) is 0 Å². The van der Waals surface area contributed by atoms with E-state index in [9.17, 15) is 9.59 Å². The number of benzene rings is 2. The number of carboxylic acids is 1. The Morgan fingerprint density at radius 1 is 1.11 bits per heavy atom. The van der Waals surface area contributed by atoms with Gasteiger partial charge in [0.05, 0.1) is 0 Å². The Hall–Kier alpha value is -2.62. The smallest absolute Gasteiger partial charge is 0.352 e. The van der Waals surface area contributed by atoms with Crippen molar-refractivity contribution in [1.82, 2.24) is 5.32 Å². The van der Waals surface area contributed by atoms with Crippen molar-refractivity contribution >= 4 is 28.7 Å². The van der Waals surface area contributed by atoms with E-state index in [-0.39, 0.29) is 5.70 Å². The van der Waals surface area contributed by atoms with Gasteiger partial charge < -0.3 is 10.4 Å². The van der Waals surface area contributed by atoms with Gasteiger partial charge in [-0.3, -0.25) is 4.79 Å². The zero-order chi connectivity index (χ0) is 13.8. The summed E-state index contributed by atoms with van der Waals surface area (Å²) >= 11 is 0. The molecule has 0 fully saturated rings. The number of carbonyl (C=O) groups is 2. The number of carboxylic acid groups (broad SMARTS) is 1. The van der Waals surface area contributed by atoms with Crippen molar-refractivity contribution in [3.63, 3.8) is 0 Å². The summed E-state index contributed by atoms with van der Waals surface area (Å²) in [4.78, 5) is 22.0. The second-order valence-corrected chi connectivity index (χ2v) is 4.15. The first-order valence-electron chi connectivity index (χ1n) is 5.77. The highest BCUT2D eigenvalue weighted by atomic mass is 16.4. The molecule has 0 heterocycles. The number of fused-ring (bicyclic) bond motifs is 1. The molecule has 2 rings (SSSR count). The minimum Gasteiger partial charge on any atom is -0.477 e. The van der Waals surface area contributed by atoms with Crippen LogP contribution in [0.2, 0.25) is 0 Å². The maximum absolute atomic E-state index is 11.0. The van der Waals surface area contributed by atoms with Crippen LogP contribution in [-0.2, 0) is 9.59 Å². The first-order chi connectivity index (χ1) is 9.06. The Morgan fingerprint density at radius 2 is 1.79 bits per heavy atom. The van der Waals surface area contributed by atoms with Crippen LogP contribution in [0.3, 0.4) is 0 Å². The molecular weight excluding hydrogens is 242 g/mol. The third-order valence-corrected chi connectivity index (χ3v) is 2.63. The second kappa shape index (κ2) is 5.35. The quantitative estimate of drug-likeness (QED) is 0.828. The summed E-state index contributed by atoms with van der Waals surface area (Å²) in [6.45, 7) is 1.27. The van der Waals surface area contributed by atoms with Gasteiger partial charge in [-0.25, -0.2) is 4.79 Å². The molecule has 4 nitrogen and oxygen atoms in total. The van der Waals surface area contributed by atoms with E-state index in [0.29, 0.717) is 0 Å². The van der Waals surface area contributed by atoms with E-state index in [4.69, 9.17) is 5.11 Å². The van der Waals surface area contributed by atoms with Gasteiger partial charge in [0.2, 0.25) is 5.91 Å². The van der Waals surface area contributed by atoms with E-state index in [1.807, 2.05) is 42.5 Å². The predicted molar refractivity (Wildman–Crippen MR) is 73.4 cm³/mol. The molecule has 0 bridgehead atoms. The molecule has 0 unspecified atom stereocenters. The van der Waals surface area contributed by atoms with Gasteiger partial charge >= 0.3 is 5.97 Å². The van der Waals surface area contributed by atoms with Crippen LogP contribution in [0.15, 0.2) is 48.2 Å². The third-order valence-electron chi connectivity index (χ3n) is 2.63.